The van der Waals surface area contributed by atoms with E-state index in [4.69, 9.17) is 0 Å². The van der Waals surface area contributed by atoms with Gasteiger partial charge in [-0.3, -0.25) is 14.5 Å². The molecule has 1 aliphatic heterocycles. The summed E-state index contributed by atoms with van der Waals surface area (Å²) >= 11 is 1.42. The fourth-order valence-corrected chi connectivity index (χ4v) is 3.68. The van der Waals surface area contributed by atoms with Gasteiger partial charge in [0.2, 0.25) is 5.91 Å². The molecule has 2 aromatic rings. The van der Waals surface area contributed by atoms with Gasteiger partial charge in [-0.05, 0) is 32.3 Å². The maximum Gasteiger partial charge on any atom is 0.324 e. The molecule has 2 heterocycles. The van der Waals surface area contributed by atoms with E-state index in [9.17, 15) is 14.4 Å². The van der Waals surface area contributed by atoms with Gasteiger partial charge in [0.05, 0.1) is 5.69 Å². The first-order valence-electron chi connectivity index (χ1n) is 8.83. The third kappa shape index (κ3) is 4.71. The molecule has 1 saturated heterocycles. The average Bonchev–Trinajstić information content (AvgIpc) is 3.10. The van der Waals surface area contributed by atoms with Crippen molar-refractivity contribution in [3.05, 3.63) is 46.5 Å². The van der Waals surface area contributed by atoms with Crippen molar-refractivity contribution in [3.8, 4) is 0 Å². The normalized spacial score (nSPS) is 16.5. The highest BCUT2D eigenvalue weighted by Crippen LogP contribution is 2.21. The Hall–Kier alpha value is -2.74. The van der Waals surface area contributed by atoms with Gasteiger partial charge in [-0.1, -0.05) is 30.3 Å². The molecule has 0 saturated carbocycles. The maximum atomic E-state index is 12.5. The van der Waals surface area contributed by atoms with Gasteiger partial charge >= 0.3 is 6.03 Å². The van der Waals surface area contributed by atoms with Crippen LogP contribution < -0.4 is 10.6 Å². The number of imide groups is 1. The highest BCUT2D eigenvalue weighted by molar-refractivity contribution is 7.15. The summed E-state index contributed by atoms with van der Waals surface area (Å²) in [6, 6.07) is 8.64. The molecule has 1 aliphatic rings. The van der Waals surface area contributed by atoms with Gasteiger partial charge < -0.3 is 10.6 Å². The molecule has 1 aromatic carbocycles. The van der Waals surface area contributed by atoms with Crippen LogP contribution in [-0.4, -0.2) is 40.3 Å². The molecule has 0 aliphatic carbocycles. The zero-order chi connectivity index (χ0) is 19.4. The quantitative estimate of drug-likeness (QED) is 0.716. The molecule has 3 rings (SSSR count). The Morgan fingerprint density at radius 3 is 2.67 bits per heavy atom. The highest BCUT2D eigenvalue weighted by Gasteiger charge is 2.37. The number of carbonyl (C=O) groups is 3. The van der Waals surface area contributed by atoms with Gasteiger partial charge in [0.1, 0.15) is 6.04 Å². The van der Waals surface area contributed by atoms with E-state index in [1.807, 2.05) is 44.2 Å². The number of urea groups is 1. The smallest absolute Gasteiger partial charge is 0.324 e. The molecule has 4 amide bonds. The number of anilines is 1. The topological polar surface area (TPSA) is 91.4 Å². The van der Waals surface area contributed by atoms with Crippen LogP contribution in [0.1, 0.15) is 29.0 Å². The molecule has 0 radical (unpaired) electrons. The number of hydrogen-bond donors (Lipinski definition) is 2. The second-order valence-electron chi connectivity index (χ2n) is 6.48. The van der Waals surface area contributed by atoms with Crippen molar-refractivity contribution in [1.29, 1.82) is 0 Å². The summed E-state index contributed by atoms with van der Waals surface area (Å²) in [5.74, 6) is -0.488. The summed E-state index contributed by atoms with van der Waals surface area (Å²) in [7, 11) is 0. The maximum absolute atomic E-state index is 12.5. The minimum Gasteiger partial charge on any atom is -0.326 e. The Labute approximate surface area is 161 Å². The fraction of sp³-hybridized carbons (Fsp3) is 0.368. The van der Waals surface area contributed by atoms with Crippen LogP contribution in [0.4, 0.5) is 9.93 Å². The minimum absolute atomic E-state index is 0.140. The van der Waals surface area contributed by atoms with Crippen molar-refractivity contribution < 1.29 is 14.4 Å². The van der Waals surface area contributed by atoms with Crippen LogP contribution in [0.25, 0.3) is 0 Å². The summed E-state index contributed by atoms with van der Waals surface area (Å²) in [5, 5.41) is 5.97. The van der Waals surface area contributed by atoms with E-state index in [2.05, 4.69) is 15.6 Å². The standard InChI is InChI=1S/C19H22N4O3S/c1-12-13(2)27-18(20-12)22-16(24)9-8-15-17(25)23(19(26)21-15)11-10-14-6-4-3-5-7-14/h3-7,15H,8-11H2,1-2H3,(H,21,26)(H,20,22,24)/t15-/m0/s1. The number of carbonyl (C=O) groups excluding carboxylic acids is 3. The Balaban J connectivity index is 1.48. The largest absolute Gasteiger partial charge is 0.326 e. The van der Waals surface area contributed by atoms with Crippen LogP contribution in [-0.2, 0) is 16.0 Å². The van der Waals surface area contributed by atoms with Gasteiger partial charge in [0.25, 0.3) is 5.91 Å². The second kappa shape index (κ2) is 8.30. The molecule has 8 heteroatoms. The van der Waals surface area contributed by atoms with E-state index in [-0.39, 0.29) is 24.7 Å². The lowest BCUT2D eigenvalue weighted by Gasteiger charge is -2.13. The Morgan fingerprint density at radius 1 is 1.26 bits per heavy atom. The molecule has 142 valence electrons. The lowest BCUT2D eigenvalue weighted by Crippen LogP contribution is -2.33. The first-order chi connectivity index (χ1) is 12.9. The predicted molar refractivity (Wildman–Crippen MR) is 104 cm³/mol. The third-order valence-corrected chi connectivity index (χ3v) is 5.50. The van der Waals surface area contributed by atoms with Gasteiger partial charge in [-0.2, -0.15) is 0 Å². The minimum atomic E-state index is -0.654. The number of benzene rings is 1. The SMILES string of the molecule is Cc1nc(NC(=O)CC[C@@H]2NC(=O)N(CCc3ccccc3)C2=O)sc1C. The van der Waals surface area contributed by atoms with Crippen molar-refractivity contribution in [3.63, 3.8) is 0 Å². The van der Waals surface area contributed by atoms with Crippen molar-refractivity contribution in [2.75, 3.05) is 11.9 Å². The summed E-state index contributed by atoms with van der Waals surface area (Å²) in [6.07, 6.45) is 1.01. The molecule has 0 spiro atoms. The highest BCUT2D eigenvalue weighted by atomic mass is 32.1. The van der Waals surface area contributed by atoms with Gasteiger partial charge in [-0.15, -0.1) is 11.3 Å². The monoisotopic (exact) mass is 386 g/mol. The molecule has 2 N–H and O–H groups in total. The van der Waals surface area contributed by atoms with Crippen LogP contribution in [0.15, 0.2) is 30.3 Å². The van der Waals surface area contributed by atoms with E-state index in [1.54, 1.807) is 0 Å². The summed E-state index contributed by atoms with van der Waals surface area (Å²) in [4.78, 5) is 43.2. The van der Waals surface area contributed by atoms with Crippen molar-refractivity contribution in [2.45, 2.75) is 39.2 Å². The Bertz CT molecular complexity index is 830. The van der Waals surface area contributed by atoms with Crippen molar-refractivity contribution >= 4 is 34.3 Å². The molecule has 7 nitrogen and oxygen atoms in total. The Morgan fingerprint density at radius 2 is 2.00 bits per heavy atom. The zero-order valence-corrected chi connectivity index (χ0v) is 16.1. The number of thiazole rings is 1. The van der Waals surface area contributed by atoms with E-state index < -0.39 is 12.1 Å². The third-order valence-electron chi connectivity index (χ3n) is 4.51. The number of aryl methyl sites for hydroxylation is 2. The molecule has 0 bridgehead atoms. The van der Waals surface area contributed by atoms with Gasteiger partial charge in [-0.25, -0.2) is 9.78 Å². The van der Waals surface area contributed by atoms with Crippen molar-refractivity contribution in [2.24, 2.45) is 0 Å². The van der Waals surface area contributed by atoms with Crippen LogP contribution in [0.5, 0.6) is 0 Å². The lowest BCUT2D eigenvalue weighted by molar-refractivity contribution is -0.127. The molecular formula is C19H22N4O3S. The number of hydrogen-bond acceptors (Lipinski definition) is 5. The molecule has 0 unspecified atom stereocenters. The summed E-state index contributed by atoms with van der Waals surface area (Å²) in [5.41, 5.74) is 1.96. The molecule has 1 aromatic heterocycles. The van der Waals surface area contributed by atoms with Crippen molar-refractivity contribution in [1.82, 2.24) is 15.2 Å². The number of nitrogens with one attached hydrogen (secondary N) is 2. The number of rotatable bonds is 7. The van der Waals surface area contributed by atoms with Crippen LogP contribution in [0.2, 0.25) is 0 Å². The van der Waals surface area contributed by atoms with Crippen LogP contribution in [0.3, 0.4) is 0 Å². The van der Waals surface area contributed by atoms with Crippen LogP contribution >= 0.6 is 11.3 Å². The van der Waals surface area contributed by atoms with Crippen LogP contribution in [0, 0.1) is 13.8 Å². The first kappa shape index (κ1) is 19.0. The fourth-order valence-electron chi connectivity index (χ4n) is 2.85. The van der Waals surface area contributed by atoms with Gasteiger partial charge in [0, 0.05) is 17.8 Å². The second-order valence-corrected chi connectivity index (χ2v) is 7.68. The first-order valence-corrected chi connectivity index (χ1v) is 9.65. The zero-order valence-electron chi connectivity index (χ0n) is 15.3. The molecule has 1 atom stereocenters. The van der Waals surface area contributed by atoms with Gasteiger partial charge in [0.15, 0.2) is 5.13 Å². The number of aromatic nitrogens is 1. The summed E-state index contributed by atoms with van der Waals surface area (Å²) < 4.78 is 0. The lowest BCUT2D eigenvalue weighted by atomic mass is 10.1. The summed E-state index contributed by atoms with van der Waals surface area (Å²) in [6.45, 7) is 4.16. The molecule has 1 fully saturated rings. The van der Waals surface area contributed by atoms with E-state index in [0.717, 1.165) is 16.1 Å². The average molecular weight is 386 g/mol. The Kier molecular flexibility index (Phi) is 5.85. The number of amides is 4. The molecule has 27 heavy (non-hydrogen) atoms. The predicted octanol–water partition coefficient (Wildman–Crippen LogP) is 2.64. The number of nitrogens with zero attached hydrogens (tertiary/aromatic N) is 2. The molecular weight excluding hydrogens is 364 g/mol. The van der Waals surface area contributed by atoms with E-state index >= 15 is 0 Å². The van der Waals surface area contributed by atoms with E-state index in [0.29, 0.717) is 18.1 Å². The van der Waals surface area contributed by atoms with E-state index in [1.165, 1.54) is 16.2 Å².